The Hall–Kier alpha value is -1.28. The number of sulfone groups is 1. The molecule has 1 fully saturated rings. The number of alkyl halides is 3. The van der Waals surface area contributed by atoms with E-state index in [-0.39, 0.29) is 5.92 Å². The normalized spacial score (nSPS) is 18.7. The van der Waals surface area contributed by atoms with Crippen LogP contribution in [0.4, 0.5) is 18.9 Å². The van der Waals surface area contributed by atoms with Gasteiger partial charge in [-0.15, -0.1) is 0 Å². The Kier molecular flexibility index (Phi) is 3.74. The van der Waals surface area contributed by atoms with Gasteiger partial charge >= 0.3 is 5.51 Å². The highest BCUT2D eigenvalue weighted by Gasteiger charge is 2.47. The molecule has 0 unspecified atom stereocenters. The van der Waals surface area contributed by atoms with Crippen LogP contribution in [0.25, 0.3) is 0 Å². The van der Waals surface area contributed by atoms with Crippen molar-refractivity contribution >= 4 is 15.5 Å². The van der Waals surface area contributed by atoms with Crippen LogP contribution in [0, 0.1) is 5.92 Å². The number of nitrogens with zero attached hydrogens (tertiary/aromatic N) is 1. The van der Waals surface area contributed by atoms with E-state index in [1.165, 1.54) is 12.1 Å². The van der Waals surface area contributed by atoms with Gasteiger partial charge in [0.05, 0.1) is 4.90 Å². The van der Waals surface area contributed by atoms with E-state index in [4.69, 9.17) is 0 Å². The van der Waals surface area contributed by atoms with Crippen LogP contribution in [0.15, 0.2) is 29.2 Å². The summed E-state index contributed by atoms with van der Waals surface area (Å²) in [6, 6.07) is 4.51. The Morgan fingerprint density at radius 1 is 1.19 bits per heavy atom. The smallest absolute Gasteiger partial charge is 0.386 e. The zero-order valence-corrected chi connectivity index (χ0v) is 12.4. The molecule has 0 bridgehead atoms. The van der Waals surface area contributed by atoms with Crippen LogP contribution in [-0.4, -0.2) is 37.7 Å². The van der Waals surface area contributed by atoms with Gasteiger partial charge in [0.1, 0.15) is 5.60 Å². The maximum atomic E-state index is 12.4. The van der Waals surface area contributed by atoms with Gasteiger partial charge in [-0.2, -0.15) is 13.2 Å². The molecule has 1 aliphatic heterocycles. The summed E-state index contributed by atoms with van der Waals surface area (Å²) in [6.45, 7) is 4.51. The van der Waals surface area contributed by atoms with Crippen LogP contribution < -0.4 is 4.90 Å². The predicted molar refractivity (Wildman–Crippen MR) is 71.7 cm³/mol. The number of benzene rings is 1. The molecule has 4 nitrogen and oxygen atoms in total. The summed E-state index contributed by atoms with van der Waals surface area (Å²) in [7, 11) is -5.31. The molecule has 1 heterocycles. The number of rotatable bonds is 3. The molecular weight excluding hydrogens is 307 g/mol. The van der Waals surface area contributed by atoms with E-state index in [1.807, 2.05) is 13.8 Å². The number of hydrogen-bond acceptors (Lipinski definition) is 4. The van der Waals surface area contributed by atoms with Gasteiger partial charge in [0, 0.05) is 18.8 Å². The SMILES string of the molecule is CC(C)C1(O)CN(c2ccc(S(=O)(=O)C(F)(F)F)cc2)C1. The van der Waals surface area contributed by atoms with Crippen molar-refractivity contribution < 1.29 is 26.7 Å². The van der Waals surface area contributed by atoms with Crippen LogP contribution >= 0.6 is 0 Å². The van der Waals surface area contributed by atoms with E-state index in [2.05, 4.69) is 0 Å². The molecule has 1 aromatic carbocycles. The van der Waals surface area contributed by atoms with Gasteiger partial charge in [-0.3, -0.25) is 0 Å². The summed E-state index contributed by atoms with van der Waals surface area (Å²) < 4.78 is 59.7. The summed E-state index contributed by atoms with van der Waals surface area (Å²) >= 11 is 0. The Balaban J connectivity index is 2.16. The van der Waals surface area contributed by atoms with Crippen molar-refractivity contribution in [2.75, 3.05) is 18.0 Å². The molecule has 0 amide bonds. The van der Waals surface area contributed by atoms with Gasteiger partial charge in [-0.05, 0) is 30.2 Å². The average Bonchev–Trinajstić information content (AvgIpc) is 2.33. The molecule has 0 saturated carbocycles. The maximum Gasteiger partial charge on any atom is 0.501 e. The fraction of sp³-hybridized carbons (Fsp3) is 0.538. The van der Waals surface area contributed by atoms with Crippen LogP contribution in [0.1, 0.15) is 13.8 Å². The first-order chi connectivity index (χ1) is 9.47. The number of aliphatic hydroxyl groups is 1. The Morgan fingerprint density at radius 2 is 1.67 bits per heavy atom. The van der Waals surface area contributed by atoms with Crippen molar-refractivity contribution in [3.8, 4) is 0 Å². The summed E-state index contributed by atoms with van der Waals surface area (Å²) in [5.41, 5.74) is -5.53. The van der Waals surface area contributed by atoms with Gasteiger partial charge in [-0.25, -0.2) is 8.42 Å². The van der Waals surface area contributed by atoms with Crippen LogP contribution in [0.2, 0.25) is 0 Å². The van der Waals surface area contributed by atoms with E-state index >= 15 is 0 Å². The molecule has 1 N–H and O–H groups in total. The van der Waals surface area contributed by atoms with Crippen molar-refractivity contribution in [3.05, 3.63) is 24.3 Å². The molecular formula is C13H16F3NO3S. The highest BCUT2D eigenvalue weighted by atomic mass is 32.2. The van der Waals surface area contributed by atoms with Crippen molar-refractivity contribution in [1.29, 1.82) is 0 Å². The second-order valence-electron chi connectivity index (χ2n) is 5.56. The third kappa shape index (κ3) is 2.74. The zero-order chi connectivity index (χ0) is 16.1. The van der Waals surface area contributed by atoms with E-state index < -0.39 is 25.8 Å². The molecule has 8 heteroatoms. The van der Waals surface area contributed by atoms with Gasteiger partial charge in [-0.1, -0.05) is 13.8 Å². The third-order valence-corrected chi connectivity index (χ3v) is 5.32. The van der Waals surface area contributed by atoms with Gasteiger partial charge in [0.2, 0.25) is 0 Å². The van der Waals surface area contributed by atoms with Crippen molar-refractivity contribution in [3.63, 3.8) is 0 Å². The standard InChI is InChI=1S/C13H16F3NO3S/c1-9(2)12(18)7-17(8-12)10-3-5-11(6-4-10)21(19,20)13(14,15)16/h3-6,9,18H,7-8H2,1-2H3. The van der Waals surface area contributed by atoms with E-state index in [0.717, 1.165) is 12.1 Å². The summed E-state index contributed by atoms with van der Waals surface area (Å²) in [5.74, 6) is 0.0682. The molecule has 0 aromatic heterocycles. The fourth-order valence-corrected chi connectivity index (χ4v) is 2.89. The first kappa shape index (κ1) is 16.1. The molecule has 1 saturated heterocycles. The third-order valence-electron chi connectivity index (χ3n) is 3.82. The highest BCUT2D eigenvalue weighted by molar-refractivity contribution is 7.92. The molecule has 1 aromatic rings. The average molecular weight is 323 g/mol. The summed E-state index contributed by atoms with van der Waals surface area (Å²) in [5, 5.41) is 10.1. The molecule has 0 radical (unpaired) electrons. The lowest BCUT2D eigenvalue weighted by Crippen LogP contribution is -2.64. The Morgan fingerprint density at radius 3 is 2.05 bits per heavy atom. The molecule has 21 heavy (non-hydrogen) atoms. The Bertz CT molecular complexity index is 617. The van der Waals surface area contributed by atoms with Gasteiger partial charge < -0.3 is 10.0 Å². The zero-order valence-electron chi connectivity index (χ0n) is 11.6. The monoisotopic (exact) mass is 323 g/mol. The van der Waals surface area contributed by atoms with Crippen molar-refractivity contribution in [2.45, 2.75) is 29.9 Å². The summed E-state index contributed by atoms with van der Waals surface area (Å²) in [6.07, 6.45) is 0. The molecule has 0 atom stereocenters. The minimum absolute atomic E-state index is 0.0682. The Labute approximate surface area is 121 Å². The largest absolute Gasteiger partial charge is 0.501 e. The van der Waals surface area contributed by atoms with Gasteiger partial charge in [0.25, 0.3) is 9.84 Å². The van der Waals surface area contributed by atoms with Crippen LogP contribution in [0.5, 0.6) is 0 Å². The number of hydrogen-bond donors (Lipinski definition) is 1. The van der Waals surface area contributed by atoms with Crippen LogP contribution in [0.3, 0.4) is 0 Å². The molecule has 118 valence electrons. The van der Waals surface area contributed by atoms with Crippen LogP contribution in [-0.2, 0) is 9.84 Å². The molecule has 0 aliphatic carbocycles. The fourth-order valence-electron chi connectivity index (χ4n) is 2.13. The first-order valence-corrected chi connectivity index (χ1v) is 7.84. The number of anilines is 1. The maximum absolute atomic E-state index is 12.4. The predicted octanol–water partition coefficient (Wildman–Crippen LogP) is 2.19. The van der Waals surface area contributed by atoms with Crippen molar-refractivity contribution in [2.24, 2.45) is 5.92 Å². The lowest BCUT2D eigenvalue weighted by Gasteiger charge is -2.50. The van der Waals surface area contributed by atoms with E-state index in [1.54, 1.807) is 4.90 Å². The highest BCUT2D eigenvalue weighted by Crippen LogP contribution is 2.35. The quantitative estimate of drug-likeness (QED) is 0.926. The lowest BCUT2D eigenvalue weighted by molar-refractivity contribution is -0.0436. The first-order valence-electron chi connectivity index (χ1n) is 6.36. The molecule has 0 spiro atoms. The van der Waals surface area contributed by atoms with Crippen molar-refractivity contribution in [1.82, 2.24) is 0 Å². The van der Waals surface area contributed by atoms with Gasteiger partial charge in [0.15, 0.2) is 0 Å². The summed E-state index contributed by atoms with van der Waals surface area (Å²) in [4.78, 5) is 1.00. The second-order valence-corrected chi connectivity index (χ2v) is 7.50. The topological polar surface area (TPSA) is 57.6 Å². The second kappa shape index (κ2) is 4.88. The molecule has 1 aliphatic rings. The minimum atomic E-state index is -5.31. The van der Waals surface area contributed by atoms with E-state index in [9.17, 15) is 26.7 Å². The lowest BCUT2D eigenvalue weighted by atomic mass is 9.83. The number of halogens is 3. The molecule has 2 rings (SSSR count). The minimum Gasteiger partial charge on any atom is -0.386 e. The number of β-amino-alcohol motifs (C(OH)–C–C–N with tert-alkyl or cyclic N) is 1. The van der Waals surface area contributed by atoms with E-state index in [0.29, 0.717) is 18.8 Å².